The van der Waals surface area contributed by atoms with Crippen molar-refractivity contribution in [2.24, 2.45) is 28.6 Å². The van der Waals surface area contributed by atoms with Crippen molar-refractivity contribution in [3.05, 3.63) is 11.6 Å². The number of hydrogen-bond donors (Lipinski definition) is 1. The highest BCUT2D eigenvalue weighted by Crippen LogP contribution is 2.68. The maximum absolute atomic E-state index is 13.1. The largest absolute Gasteiger partial charge is 0.388 e. The highest BCUT2D eigenvalue weighted by Gasteiger charge is 2.67. The molecule has 3 nitrogen and oxygen atoms in total. The predicted octanol–water partition coefficient (Wildman–Crippen LogP) is 5.85. The Balaban J connectivity index is 1.61. The third kappa shape index (κ3) is 3.17. The lowest BCUT2D eigenvalue weighted by atomic mass is 9.46. The van der Waals surface area contributed by atoms with E-state index in [0.717, 1.165) is 44.4 Å². The molecular weight excluding hydrogens is 360 g/mol. The van der Waals surface area contributed by atoms with Gasteiger partial charge in [0.2, 0.25) is 0 Å². The smallest absolute Gasteiger partial charge is 0.190 e. The van der Waals surface area contributed by atoms with Crippen molar-refractivity contribution < 1.29 is 14.6 Å². The Morgan fingerprint density at radius 2 is 1.93 bits per heavy atom. The summed E-state index contributed by atoms with van der Waals surface area (Å²) in [6.07, 6.45) is 16.5. The molecule has 0 unspecified atom stereocenters. The maximum Gasteiger partial charge on any atom is 0.190 e. The van der Waals surface area contributed by atoms with Crippen molar-refractivity contribution in [1.82, 2.24) is 0 Å². The second kappa shape index (κ2) is 8.11. The van der Waals surface area contributed by atoms with E-state index in [0.29, 0.717) is 23.9 Å². The van der Waals surface area contributed by atoms with Crippen molar-refractivity contribution in [2.45, 2.75) is 103 Å². The molecule has 0 spiro atoms. The third-order valence-electron chi connectivity index (χ3n) is 9.84. The summed E-state index contributed by atoms with van der Waals surface area (Å²) in [6.45, 7) is 7.35. The van der Waals surface area contributed by atoms with Gasteiger partial charge in [-0.05, 0) is 87.4 Å². The number of unbranched alkanes of at least 4 members (excludes halogenated alkanes) is 2. The summed E-state index contributed by atoms with van der Waals surface area (Å²) in [5, 5.41) is 9.86. The number of aliphatic hydroxyl groups excluding tert-OH is 1. The zero-order chi connectivity index (χ0) is 20.7. The number of carbonyl (C=O) groups excluding carboxylic acids is 1. The standard InChI is InChI=1S/C26H42O3/c1-4-5-8-17-29-26(23(28)18-27)16-13-22-20-11-10-19-9-6-7-14-24(19,2)21(20)12-15-25(22,26)3/h9,20-22,27H,4-8,10-18H2,1-3H3/t20-,21+,22+,24+,25+,26+/m1/s1. The highest BCUT2D eigenvalue weighted by atomic mass is 16.5. The van der Waals surface area contributed by atoms with Gasteiger partial charge in [-0.3, -0.25) is 4.79 Å². The van der Waals surface area contributed by atoms with Gasteiger partial charge < -0.3 is 9.84 Å². The number of carbonyl (C=O) groups is 1. The van der Waals surface area contributed by atoms with Crippen LogP contribution in [0.3, 0.4) is 0 Å². The highest BCUT2D eigenvalue weighted by molar-refractivity contribution is 5.89. The van der Waals surface area contributed by atoms with Crippen molar-refractivity contribution in [3.63, 3.8) is 0 Å². The summed E-state index contributed by atoms with van der Waals surface area (Å²) >= 11 is 0. The summed E-state index contributed by atoms with van der Waals surface area (Å²) in [4.78, 5) is 13.1. The molecule has 164 valence electrons. The molecule has 1 N–H and O–H groups in total. The Kier molecular flexibility index (Phi) is 6.03. The molecule has 0 aromatic rings. The number of ketones is 1. The van der Waals surface area contributed by atoms with Gasteiger partial charge >= 0.3 is 0 Å². The van der Waals surface area contributed by atoms with Crippen LogP contribution in [0.25, 0.3) is 0 Å². The van der Waals surface area contributed by atoms with Crippen LogP contribution < -0.4 is 0 Å². The summed E-state index contributed by atoms with van der Waals surface area (Å²) < 4.78 is 6.51. The Morgan fingerprint density at radius 3 is 2.69 bits per heavy atom. The lowest BCUT2D eigenvalue weighted by Gasteiger charge is -2.59. The summed E-state index contributed by atoms with van der Waals surface area (Å²) in [6, 6.07) is 0. The fourth-order valence-corrected chi connectivity index (χ4v) is 8.25. The quantitative estimate of drug-likeness (QED) is 0.429. The first kappa shape index (κ1) is 21.6. The van der Waals surface area contributed by atoms with Crippen LogP contribution in [0.15, 0.2) is 11.6 Å². The zero-order valence-corrected chi connectivity index (χ0v) is 19.0. The first-order valence-corrected chi connectivity index (χ1v) is 12.4. The number of rotatable bonds is 7. The van der Waals surface area contributed by atoms with Crippen LogP contribution >= 0.6 is 0 Å². The van der Waals surface area contributed by atoms with Crippen LogP contribution in [0, 0.1) is 28.6 Å². The summed E-state index contributed by atoms with van der Waals surface area (Å²) in [5.41, 5.74) is 1.25. The number of fused-ring (bicyclic) bond motifs is 5. The molecule has 0 bridgehead atoms. The molecule has 3 saturated carbocycles. The molecule has 0 aromatic carbocycles. The molecule has 0 heterocycles. The molecule has 4 aliphatic carbocycles. The number of hydrogen-bond acceptors (Lipinski definition) is 3. The molecule has 3 heteroatoms. The van der Waals surface area contributed by atoms with Crippen LogP contribution in [0.1, 0.15) is 97.8 Å². The minimum absolute atomic E-state index is 0.0577. The van der Waals surface area contributed by atoms with Crippen LogP contribution in [0.2, 0.25) is 0 Å². The fourth-order valence-electron chi connectivity index (χ4n) is 8.25. The minimum Gasteiger partial charge on any atom is -0.388 e. The van der Waals surface area contributed by atoms with Gasteiger partial charge in [0.1, 0.15) is 12.2 Å². The van der Waals surface area contributed by atoms with Crippen LogP contribution in [0.5, 0.6) is 0 Å². The van der Waals surface area contributed by atoms with Gasteiger partial charge in [-0.25, -0.2) is 0 Å². The van der Waals surface area contributed by atoms with E-state index in [-0.39, 0.29) is 17.8 Å². The SMILES string of the molecule is CCCCCO[C@]1(C(=O)CO)CC[C@H]2[C@@H]3CCC4=CCCC[C@]4(C)[C@H]3CC[C@@]21C. The molecule has 6 atom stereocenters. The Morgan fingerprint density at radius 1 is 1.14 bits per heavy atom. The van der Waals surface area contributed by atoms with Gasteiger partial charge in [0.25, 0.3) is 0 Å². The van der Waals surface area contributed by atoms with E-state index in [9.17, 15) is 9.90 Å². The maximum atomic E-state index is 13.1. The Hall–Kier alpha value is -0.670. The molecule has 4 aliphatic rings. The van der Waals surface area contributed by atoms with E-state index in [1.165, 1.54) is 38.5 Å². The number of aliphatic hydroxyl groups is 1. The second-order valence-corrected chi connectivity index (χ2v) is 10.9. The minimum atomic E-state index is -0.755. The molecular formula is C26H42O3. The molecule has 0 radical (unpaired) electrons. The molecule has 29 heavy (non-hydrogen) atoms. The first-order chi connectivity index (χ1) is 13.9. The van der Waals surface area contributed by atoms with Crippen LogP contribution in [-0.4, -0.2) is 29.7 Å². The summed E-state index contributed by atoms with van der Waals surface area (Å²) in [5.74, 6) is 1.98. The molecule has 3 fully saturated rings. The van der Waals surface area contributed by atoms with Gasteiger partial charge in [-0.1, -0.05) is 45.3 Å². The van der Waals surface area contributed by atoms with E-state index in [1.54, 1.807) is 5.57 Å². The topological polar surface area (TPSA) is 46.5 Å². The van der Waals surface area contributed by atoms with E-state index in [2.05, 4.69) is 26.8 Å². The van der Waals surface area contributed by atoms with E-state index in [4.69, 9.17) is 4.74 Å². The number of Topliss-reactive ketones (excluding diaryl/α,β-unsaturated/α-hetero) is 1. The normalized spacial score (nSPS) is 43.9. The second-order valence-electron chi connectivity index (χ2n) is 10.9. The molecule has 0 aliphatic heterocycles. The average molecular weight is 403 g/mol. The molecule has 4 rings (SSSR count). The van der Waals surface area contributed by atoms with Gasteiger partial charge in [-0.2, -0.15) is 0 Å². The number of ether oxygens (including phenoxy) is 1. The molecule has 0 aromatic heterocycles. The molecule has 0 saturated heterocycles. The third-order valence-corrected chi connectivity index (χ3v) is 9.84. The van der Waals surface area contributed by atoms with E-state index in [1.807, 2.05) is 0 Å². The van der Waals surface area contributed by atoms with Crippen molar-refractivity contribution in [2.75, 3.05) is 13.2 Å². The molecule has 0 amide bonds. The number of allylic oxidation sites excluding steroid dienone is 2. The first-order valence-electron chi connectivity index (χ1n) is 12.4. The van der Waals surface area contributed by atoms with Crippen molar-refractivity contribution >= 4 is 5.78 Å². The van der Waals surface area contributed by atoms with E-state index < -0.39 is 5.60 Å². The summed E-state index contributed by atoms with van der Waals surface area (Å²) in [7, 11) is 0. The van der Waals surface area contributed by atoms with Gasteiger partial charge in [0.05, 0.1) is 0 Å². The fraction of sp³-hybridized carbons (Fsp3) is 0.885. The Bertz CT molecular complexity index is 654. The lowest BCUT2D eigenvalue weighted by molar-refractivity contribution is -0.180. The van der Waals surface area contributed by atoms with Crippen LogP contribution in [-0.2, 0) is 9.53 Å². The predicted molar refractivity (Wildman–Crippen MR) is 117 cm³/mol. The zero-order valence-electron chi connectivity index (χ0n) is 19.0. The van der Waals surface area contributed by atoms with Gasteiger partial charge in [0, 0.05) is 12.0 Å². The van der Waals surface area contributed by atoms with E-state index >= 15 is 0 Å². The monoisotopic (exact) mass is 402 g/mol. The lowest BCUT2D eigenvalue weighted by Crippen LogP contribution is -2.59. The van der Waals surface area contributed by atoms with Crippen molar-refractivity contribution in [3.8, 4) is 0 Å². The van der Waals surface area contributed by atoms with Gasteiger partial charge in [-0.15, -0.1) is 0 Å². The van der Waals surface area contributed by atoms with Gasteiger partial charge in [0.15, 0.2) is 5.78 Å². The average Bonchev–Trinajstić information content (AvgIpc) is 3.03. The Labute approximate surface area is 177 Å². The van der Waals surface area contributed by atoms with Crippen molar-refractivity contribution in [1.29, 1.82) is 0 Å². The van der Waals surface area contributed by atoms with Crippen LogP contribution in [0.4, 0.5) is 0 Å².